The predicted molar refractivity (Wildman–Crippen MR) is 88.4 cm³/mol. The zero-order chi connectivity index (χ0) is 18.7. The van der Waals surface area contributed by atoms with Gasteiger partial charge in [-0.15, -0.1) is 13.2 Å². The van der Waals surface area contributed by atoms with Gasteiger partial charge in [-0.3, -0.25) is 9.69 Å². The van der Waals surface area contributed by atoms with Crippen molar-refractivity contribution in [2.45, 2.75) is 32.2 Å². The summed E-state index contributed by atoms with van der Waals surface area (Å²) in [4.78, 5) is 13.2. The Morgan fingerprint density at radius 3 is 2.38 bits per heavy atom. The fraction of sp³-hybridized carbons (Fsp3) is 0.316. The molecule has 2 aromatic carbocycles. The summed E-state index contributed by atoms with van der Waals surface area (Å²) in [5, 5.41) is 0. The number of hydrogen-bond acceptors (Lipinski definition) is 4. The smallest absolute Gasteiger partial charge is 0.406 e. The first-order valence-corrected chi connectivity index (χ1v) is 8.10. The van der Waals surface area contributed by atoms with Crippen LogP contribution < -0.4 is 4.74 Å². The van der Waals surface area contributed by atoms with Gasteiger partial charge in [0.25, 0.3) is 0 Å². The summed E-state index contributed by atoms with van der Waals surface area (Å²) in [5.74, 6) is -0.275. The van der Waals surface area contributed by atoms with Gasteiger partial charge in [0.2, 0.25) is 0 Å². The number of aryl methyl sites for hydroxylation is 1. The lowest BCUT2D eigenvalue weighted by Gasteiger charge is -2.18. The molecular weight excluding hydrogens is 347 g/mol. The van der Waals surface area contributed by atoms with E-state index in [1.807, 2.05) is 36.1 Å². The van der Waals surface area contributed by atoms with Crippen molar-refractivity contribution in [1.82, 2.24) is 4.90 Å². The van der Waals surface area contributed by atoms with Gasteiger partial charge < -0.3 is 9.47 Å². The maximum atomic E-state index is 12.2. The third-order valence-electron chi connectivity index (χ3n) is 4.17. The number of nitrogens with zero attached hydrogens (tertiary/aromatic N) is 1. The maximum absolute atomic E-state index is 12.2. The molecule has 1 aliphatic heterocycles. The van der Waals surface area contributed by atoms with E-state index < -0.39 is 12.6 Å². The molecule has 0 spiro atoms. The Hall–Kier alpha value is -2.38. The van der Waals surface area contributed by atoms with Crippen LogP contribution in [0.3, 0.4) is 0 Å². The lowest BCUT2D eigenvalue weighted by Crippen LogP contribution is -2.30. The number of hydrogen-bond donors (Lipinski definition) is 0. The van der Waals surface area contributed by atoms with E-state index in [1.165, 1.54) is 12.1 Å². The molecule has 26 heavy (non-hydrogen) atoms. The number of ether oxygens (including phenoxy) is 2. The van der Waals surface area contributed by atoms with Crippen molar-refractivity contribution in [3.8, 4) is 5.75 Å². The second kappa shape index (κ2) is 7.47. The highest BCUT2D eigenvalue weighted by atomic mass is 19.4. The highest BCUT2D eigenvalue weighted by Gasteiger charge is 2.34. The Kier molecular flexibility index (Phi) is 5.29. The van der Waals surface area contributed by atoms with Crippen LogP contribution in [-0.4, -0.2) is 30.3 Å². The number of carbonyl (C=O) groups excluding carboxylic acids is 1. The number of benzene rings is 2. The molecular formula is C19H18F3NO3. The van der Waals surface area contributed by atoms with Crippen LogP contribution >= 0.6 is 0 Å². The van der Waals surface area contributed by atoms with E-state index in [-0.39, 0.29) is 11.9 Å². The summed E-state index contributed by atoms with van der Waals surface area (Å²) in [6.45, 7) is 2.90. The molecule has 0 aliphatic carbocycles. The van der Waals surface area contributed by atoms with E-state index >= 15 is 0 Å². The summed E-state index contributed by atoms with van der Waals surface area (Å²) in [7, 11) is 0. The lowest BCUT2D eigenvalue weighted by molar-refractivity contribution is -0.274. The van der Waals surface area contributed by atoms with Gasteiger partial charge in [-0.25, -0.2) is 0 Å². The van der Waals surface area contributed by atoms with Crippen LogP contribution in [0.4, 0.5) is 13.2 Å². The van der Waals surface area contributed by atoms with Crippen molar-refractivity contribution in [2.24, 2.45) is 0 Å². The van der Waals surface area contributed by atoms with Gasteiger partial charge in [0, 0.05) is 13.1 Å². The summed E-state index contributed by atoms with van der Waals surface area (Å²) in [6, 6.07) is 13.5. The van der Waals surface area contributed by atoms with Crippen molar-refractivity contribution >= 4 is 6.29 Å². The average Bonchev–Trinajstić information content (AvgIpc) is 2.99. The maximum Gasteiger partial charge on any atom is 0.573 e. The van der Waals surface area contributed by atoms with Crippen molar-refractivity contribution < 1.29 is 27.4 Å². The van der Waals surface area contributed by atoms with Crippen molar-refractivity contribution in [3.63, 3.8) is 0 Å². The van der Waals surface area contributed by atoms with Gasteiger partial charge in [0.15, 0.2) is 12.5 Å². The molecule has 1 saturated heterocycles. The Morgan fingerprint density at radius 1 is 1.15 bits per heavy atom. The van der Waals surface area contributed by atoms with Gasteiger partial charge >= 0.3 is 6.36 Å². The fourth-order valence-corrected chi connectivity index (χ4v) is 2.88. The minimum Gasteiger partial charge on any atom is -0.406 e. The topological polar surface area (TPSA) is 38.8 Å². The molecule has 0 aromatic heterocycles. The molecule has 2 aromatic rings. The van der Waals surface area contributed by atoms with Gasteiger partial charge in [0.05, 0.1) is 6.10 Å². The Morgan fingerprint density at radius 2 is 1.81 bits per heavy atom. The SMILES string of the molecule is Cc1ccc(C2CN(Cc3ccc(OC(F)(F)F)cc3)C(C=O)O2)cc1. The van der Waals surface area contributed by atoms with Crippen LogP contribution in [-0.2, 0) is 16.1 Å². The molecule has 1 fully saturated rings. The van der Waals surface area contributed by atoms with Crippen molar-refractivity contribution in [3.05, 3.63) is 65.2 Å². The van der Waals surface area contributed by atoms with Crippen LogP contribution in [0.5, 0.6) is 5.75 Å². The molecule has 0 amide bonds. The van der Waals surface area contributed by atoms with Crippen molar-refractivity contribution in [1.29, 1.82) is 0 Å². The molecule has 0 N–H and O–H groups in total. The predicted octanol–water partition coefficient (Wildman–Crippen LogP) is 3.99. The largest absolute Gasteiger partial charge is 0.573 e. The van der Waals surface area contributed by atoms with Crippen LogP contribution in [0.25, 0.3) is 0 Å². The monoisotopic (exact) mass is 365 g/mol. The van der Waals surface area contributed by atoms with E-state index in [2.05, 4.69) is 4.74 Å². The molecule has 0 saturated carbocycles. The van der Waals surface area contributed by atoms with E-state index in [1.54, 1.807) is 12.1 Å². The lowest BCUT2D eigenvalue weighted by atomic mass is 10.1. The third kappa shape index (κ3) is 4.62. The third-order valence-corrected chi connectivity index (χ3v) is 4.17. The second-order valence-corrected chi connectivity index (χ2v) is 6.18. The highest BCUT2D eigenvalue weighted by molar-refractivity contribution is 5.56. The molecule has 7 heteroatoms. The van der Waals surface area contributed by atoms with Crippen molar-refractivity contribution in [2.75, 3.05) is 6.54 Å². The number of carbonyl (C=O) groups is 1. The zero-order valence-electron chi connectivity index (χ0n) is 14.1. The van der Waals surface area contributed by atoms with Gasteiger partial charge in [-0.05, 0) is 30.2 Å². The molecule has 1 aliphatic rings. The van der Waals surface area contributed by atoms with Crippen LogP contribution in [0.15, 0.2) is 48.5 Å². The van der Waals surface area contributed by atoms with E-state index in [0.717, 1.165) is 23.0 Å². The molecule has 0 bridgehead atoms. The summed E-state index contributed by atoms with van der Waals surface area (Å²) >= 11 is 0. The summed E-state index contributed by atoms with van der Waals surface area (Å²) in [5.41, 5.74) is 2.88. The first-order chi connectivity index (χ1) is 12.3. The standard InChI is InChI=1S/C19H18F3NO3/c1-13-2-6-15(7-3-13)17-11-23(18(12-24)25-17)10-14-4-8-16(9-5-14)26-19(20,21)22/h2-9,12,17-18H,10-11H2,1H3. The first kappa shape index (κ1) is 18.4. The van der Waals surface area contributed by atoms with Crippen LogP contribution in [0.1, 0.15) is 22.8 Å². The van der Waals surface area contributed by atoms with E-state index in [0.29, 0.717) is 13.1 Å². The quantitative estimate of drug-likeness (QED) is 0.751. The van der Waals surface area contributed by atoms with Gasteiger partial charge in [-0.1, -0.05) is 42.0 Å². The van der Waals surface area contributed by atoms with Crippen LogP contribution in [0, 0.1) is 6.92 Å². The Labute approximate surface area is 149 Å². The second-order valence-electron chi connectivity index (χ2n) is 6.18. The molecule has 2 unspecified atom stereocenters. The minimum absolute atomic E-state index is 0.223. The molecule has 3 rings (SSSR count). The van der Waals surface area contributed by atoms with Crippen LogP contribution in [0.2, 0.25) is 0 Å². The van der Waals surface area contributed by atoms with Gasteiger partial charge in [-0.2, -0.15) is 0 Å². The fourth-order valence-electron chi connectivity index (χ4n) is 2.88. The van der Waals surface area contributed by atoms with Gasteiger partial charge in [0.1, 0.15) is 5.75 Å². The molecule has 0 radical (unpaired) electrons. The normalized spacial score (nSPS) is 20.9. The average molecular weight is 365 g/mol. The Bertz CT molecular complexity index is 744. The first-order valence-electron chi connectivity index (χ1n) is 8.10. The zero-order valence-corrected chi connectivity index (χ0v) is 14.1. The minimum atomic E-state index is -4.71. The summed E-state index contributed by atoms with van der Waals surface area (Å²) in [6.07, 6.45) is -4.89. The molecule has 4 nitrogen and oxygen atoms in total. The highest BCUT2D eigenvalue weighted by Crippen LogP contribution is 2.30. The molecule has 138 valence electrons. The number of aldehydes is 1. The molecule has 2 atom stereocenters. The van der Waals surface area contributed by atoms with E-state index in [9.17, 15) is 18.0 Å². The number of halogens is 3. The summed E-state index contributed by atoms with van der Waals surface area (Å²) < 4.78 is 46.3. The molecule has 1 heterocycles. The Balaban J connectivity index is 1.66. The number of alkyl halides is 3. The number of rotatable bonds is 5. The van der Waals surface area contributed by atoms with E-state index in [4.69, 9.17) is 4.74 Å².